The fourth-order valence-electron chi connectivity index (χ4n) is 2.66. The molecule has 2 N–H and O–H groups in total. The quantitative estimate of drug-likeness (QED) is 0.872. The zero-order valence-corrected chi connectivity index (χ0v) is 10.7. The molecule has 1 aromatic rings. The Balaban J connectivity index is 2.23. The van der Waals surface area contributed by atoms with E-state index in [-0.39, 0.29) is 5.54 Å². The molecule has 3 nitrogen and oxygen atoms in total. The minimum absolute atomic E-state index is 0.0559. The lowest BCUT2D eigenvalue weighted by Crippen LogP contribution is -2.38. The van der Waals surface area contributed by atoms with E-state index < -0.39 is 0 Å². The van der Waals surface area contributed by atoms with Crippen molar-refractivity contribution in [2.24, 2.45) is 5.73 Å². The van der Waals surface area contributed by atoms with Crippen LogP contribution in [0.15, 0.2) is 18.2 Å². The lowest BCUT2D eigenvalue weighted by Gasteiger charge is -2.24. The average Bonchev–Trinajstić information content (AvgIpc) is 2.75. The average molecular weight is 235 g/mol. The van der Waals surface area contributed by atoms with Crippen LogP contribution in [0.25, 0.3) is 0 Å². The molecular weight excluding hydrogens is 214 g/mol. The van der Waals surface area contributed by atoms with Gasteiger partial charge in [0.25, 0.3) is 0 Å². The Hall–Kier alpha value is -1.22. The van der Waals surface area contributed by atoms with Crippen molar-refractivity contribution in [2.75, 3.05) is 14.2 Å². The van der Waals surface area contributed by atoms with Gasteiger partial charge in [0.05, 0.1) is 14.2 Å². The summed E-state index contributed by atoms with van der Waals surface area (Å²) in [6, 6.07) is 5.90. The molecule has 0 spiro atoms. The third-order valence-corrected chi connectivity index (χ3v) is 3.63. The lowest BCUT2D eigenvalue weighted by atomic mass is 9.90. The molecule has 0 unspecified atom stereocenters. The molecule has 0 amide bonds. The number of rotatable bonds is 4. The van der Waals surface area contributed by atoms with E-state index in [0.717, 1.165) is 36.3 Å². The van der Waals surface area contributed by atoms with Crippen LogP contribution in [0, 0.1) is 0 Å². The first kappa shape index (κ1) is 12.2. The maximum absolute atomic E-state index is 6.41. The predicted octanol–water partition coefficient (Wildman–Crippen LogP) is 2.52. The topological polar surface area (TPSA) is 44.5 Å². The first-order valence-electron chi connectivity index (χ1n) is 6.17. The van der Waals surface area contributed by atoms with Crippen molar-refractivity contribution < 1.29 is 9.47 Å². The number of methoxy groups -OCH3 is 2. The van der Waals surface area contributed by atoms with Gasteiger partial charge in [0, 0.05) is 5.54 Å². The van der Waals surface area contributed by atoms with Crippen LogP contribution in [0.3, 0.4) is 0 Å². The number of benzene rings is 1. The van der Waals surface area contributed by atoms with Crippen LogP contribution in [0.4, 0.5) is 0 Å². The normalized spacial score (nSPS) is 18.1. The highest BCUT2D eigenvalue weighted by molar-refractivity contribution is 5.41. The van der Waals surface area contributed by atoms with E-state index in [2.05, 4.69) is 0 Å². The van der Waals surface area contributed by atoms with Crippen molar-refractivity contribution >= 4 is 0 Å². The van der Waals surface area contributed by atoms with E-state index in [9.17, 15) is 0 Å². The van der Waals surface area contributed by atoms with Gasteiger partial charge >= 0.3 is 0 Å². The fourth-order valence-corrected chi connectivity index (χ4v) is 2.66. The molecule has 3 heteroatoms. The second kappa shape index (κ2) is 4.96. The molecule has 0 aliphatic heterocycles. The number of ether oxygens (including phenoxy) is 2. The molecule has 0 radical (unpaired) electrons. The predicted molar refractivity (Wildman–Crippen MR) is 68.6 cm³/mol. The van der Waals surface area contributed by atoms with Crippen molar-refractivity contribution in [3.63, 3.8) is 0 Å². The Morgan fingerprint density at radius 3 is 2.47 bits per heavy atom. The minimum atomic E-state index is -0.0559. The van der Waals surface area contributed by atoms with E-state index in [4.69, 9.17) is 15.2 Å². The van der Waals surface area contributed by atoms with Gasteiger partial charge in [0.2, 0.25) is 0 Å². The Bertz CT molecular complexity index is 384. The molecule has 94 valence electrons. The Kier molecular flexibility index (Phi) is 3.57. The molecule has 0 aromatic heterocycles. The van der Waals surface area contributed by atoms with Gasteiger partial charge in [-0.25, -0.2) is 0 Å². The highest BCUT2D eigenvalue weighted by atomic mass is 16.5. The van der Waals surface area contributed by atoms with Gasteiger partial charge in [0.15, 0.2) is 0 Å². The van der Waals surface area contributed by atoms with Gasteiger partial charge in [-0.15, -0.1) is 0 Å². The van der Waals surface area contributed by atoms with Crippen molar-refractivity contribution in [3.05, 3.63) is 23.8 Å². The Morgan fingerprint density at radius 2 is 1.88 bits per heavy atom. The van der Waals surface area contributed by atoms with Crippen molar-refractivity contribution in [3.8, 4) is 11.5 Å². The molecule has 2 rings (SSSR count). The first-order chi connectivity index (χ1) is 8.17. The zero-order valence-electron chi connectivity index (χ0n) is 10.7. The summed E-state index contributed by atoms with van der Waals surface area (Å²) >= 11 is 0. The SMILES string of the molecule is COc1ccc(OC)c(CC2(N)CCCC2)c1. The summed E-state index contributed by atoms with van der Waals surface area (Å²) in [7, 11) is 3.38. The van der Waals surface area contributed by atoms with Gasteiger partial charge in [-0.2, -0.15) is 0 Å². The summed E-state index contributed by atoms with van der Waals surface area (Å²) in [6.07, 6.45) is 5.56. The fraction of sp³-hybridized carbons (Fsp3) is 0.571. The maximum atomic E-state index is 6.41. The molecule has 1 aliphatic rings. The molecule has 0 bridgehead atoms. The number of nitrogens with two attached hydrogens (primary N) is 1. The minimum Gasteiger partial charge on any atom is -0.497 e. The van der Waals surface area contributed by atoms with Crippen LogP contribution < -0.4 is 15.2 Å². The van der Waals surface area contributed by atoms with Gasteiger partial charge in [-0.05, 0) is 43.0 Å². The van der Waals surface area contributed by atoms with Crippen LogP contribution >= 0.6 is 0 Å². The highest BCUT2D eigenvalue weighted by Crippen LogP contribution is 2.34. The molecule has 1 saturated carbocycles. The molecule has 1 fully saturated rings. The van der Waals surface area contributed by atoms with Crippen LogP contribution in [-0.4, -0.2) is 19.8 Å². The summed E-state index contributed by atoms with van der Waals surface area (Å²) in [5.74, 6) is 1.77. The van der Waals surface area contributed by atoms with Crippen LogP contribution in [-0.2, 0) is 6.42 Å². The lowest BCUT2D eigenvalue weighted by molar-refractivity contribution is 0.383. The Labute approximate surface area is 103 Å². The second-order valence-corrected chi connectivity index (χ2v) is 4.92. The van der Waals surface area contributed by atoms with Gasteiger partial charge in [0.1, 0.15) is 11.5 Å². The smallest absolute Gasteiger partial charge is 0.122 e. The van der Waals surface area contributed by atoms with Gasteiger partial charge < -0.3 is 15.2 Å². The molecule has 1 aromatic carbocycles. The van der Waals surface area contributed by atoms with E-state index in [1.807, 2.05) is 18.2 Å². The van der Waals surface area contributed by atoms with E-state index in [1.165, 1.54) is 12.8 Å². The summed E-state index contributed by atoms with van der Waals surface area (Å²) in [5.41, 5.74) is 7.50. The van der Waals surface area contributed by atoms with Crippen LogP contribution in [0.1, 0.15) is 31.2 Å². The maximum Gasteiger partial charge on any atom is 0.122 e. The molecule has 0 atom stereocenters. The zero-order chi connectivity index (χ0) is 12.3. The van der Waals surface area contributed by atoms with Crippen LogP contribution in [0.5, 0.6) is 11.5 Å². The monoisotopic (exact) mass is 235 g/mol. The van der Waals surface area contributed by atoms with Gasteiger partial charge in [-0.1, -0.05) is 12.8 Å². The summed E-state index contributed by atoms with van der Waals surface area (Å²) in [6.45, 7) is 0. The summed E-state index contributed by atoms with van der Waals surface area (Å²) < 4.78 is 10.6. The molecule has 0 saturated heterocycles. The van der Waals surface area contributed by atoms with Crippen molar-refractivity contribution in [1.82, 2.24) is 0 Å². The summed E-state index contributed by atoms with van der Waals surface area (Å²) in [4.78, 5) is 0. The first-order valence-corrected chi connectivity index (χ1v) is 6.17. The molecule has 17 heavy (non-hydrogen) atoms. The molecule has 1 aliphatic carbocycles. The molecular formula is C14H21NO2. The molecule has 0 heterocycles. The van der Waals surface area contributed by atoms with Crippen LogP contribution in [0.2, 0.25) is 0 Å². The standard InChI is InChI=1S/C14H21NO2/c1-16-12-5-6-13(17-2)11(9-12)10-14(15)7-3-4-8-14/h5-6,9H,3-4,7-8,10,15H2,1-2H3. The highest BCUT2D eigenvalue weighted by Gasteiger charge is 2.30. The van der Waals surface area contributed by atoms with Crippen molar-refractivity contribution in [1.29, 1.82) is 0 Å². The number of hydrogen-bond donors (Lipinski definition) is 1. The Morgan fingerprint density at radius 1 is 1.18 bits per heavy atom. The third-order valence-electron chi connectivity index (χ3n) is 3.63. The summed E-state index contributed by atoms with van der Waals surface area (Å²) in [5, 5.41) is 0. The third kappa shape index (κ3) is 2.72. The van der Waals surface area contributed by atoms with Crippen molar-refractivity contribution in [2.45, 2.75) is 37.6 Å². The van der Waals surface area contributed by atoms with E-state index in [0.29, 0.717) is 0 Å². The van der Waals surface area contributed by atoms with E-state index >= 15 is 0 Å². The largest absolute Gasteiger partial charge is 0.497 e. The van der Waals surface area contributed by atoms with E-state index in [1.54, 1.807) is 14.2 Å². The number of hydrogen-bond acceptors (Lipinski definition) is 3. The van der Waals surface area contributed by atoms with Gasteiger partial charge in [-0.3, -0.25) is 0 Å². The second-order valence-electron chi connectivity index (χ2n) is 4.92.